The second kappa shape index (κ2) is 3.11. The van der Waals surface area contributed by atoms with E-state index in [0.717, 1.165) is 16.1 Å². The highest BCUT2D eigenvalue weighted by atomic mass is 79.9. The van der Waals surface area contributed by atoms with E-state index in [1.807, 2.05) is 6.07 Å². The van der Waals surface area contributed by atoms with Gasteiger partial charge in [-0.3, -0.25) is 0 Å². The molecular formula is C8H10BrN3. The number of hydrogen-bond acceptors (Lipinski definition) is 3. The first-order valence-corrected chi connectivity index (χ1v) is 4.82. The number of nitrogens with zero attached hydrogens (tertiary/aromatic N) is 2. The number of aromatic nitrogens is 2. The maximum Gasteiger partial charge on any atom is 0.133 e. The number of halogens is 1. The van der Waals surface area contributed by atoms with Crippen molar-refractivity contribution in [3.8, 4) is 0 Å². The monoisotopic (exact) mass is 227 g/mol. The molecule has 0 spiro atoms. The number of nitrogens with two attached hydrogens (primary N) is 1. The largest absolute Gasteiger partial charge is 0.325 e. The Morgan fingerprint density at radius 2 is 2.25 bits per heavy atom. The predicted octanol–water partition coefficient (Wildman–Crippen LogP) is 1.58. The Morgan fingerprint density at radius 1 is 1.50 bits per heavy atom. The maximum absolute atomic E-state index is 5.50. The minimum atomic E-state index is 0.487. The lowest BCUT2D eigenvalue weighted by molar-refractivity contribution is 0.858. The summed E-state index contributed by atoms with van der Waals surface area (Å²) in [5.41, 5.74) is 6.41. The molecule has 64 valence electrons. The van der Waals surface area contributed by atoms with Crippen molar-refractivity contribution in [1.29, 1.82) is 0 Å². The fourth-order valence-corrected chi connectivity index (χ4v) is 1.56. The average molecular weight is 228 g/mol. The van der Waals surface area contributed by atoms with Crippen LogP contribution in [0.3, 0.4) is 0 Å². The zero-order valence-electron chi connectivity index (χ0n) is 6.63. The van der Waals surface area contributed by atoms with Gasteiger partial charge in [0.25, 0.3) is 0 Å². The predicted molar refractivity (Wildman–Crippen MR) is 49.6 cm³/mol. The van der Waals surface area contributed by atoms with Crippen LogP contribution in [-0.4, -0.2) is 9.97 Å². The summed E-state index contributed by atoms with van der Waals surface area (Å²) in [6.45, 7) is 0.487. The first kappa shape index (κ1) is 8.13. The molecule has 0 bridgehead atoms. The van der Waals surface area contributed by atoms with Crippen molar-refractivity contribution >= 4 is 15.9 Å². The summed E-state index contributed by atoms with van der Waals surface area (Å²) in [4.78, 5) is 8.64. The van der Waals surface area contributed by atoms with Gasteiger partial charge in [-0.25, -0.2) is 9.97 Å². The van der Waals surface area contributed by atoms with Gasteiger partial charge in [0.05, 0.1) is 5.69 Å². The molecule has 0 aliphatic heterocycles. The SMILES string of the molecule is NCc1cc(Br)nc(C2CC2)n1. The van der Waals surface area contributed by atoms with Gasteiger partial charge in [-0.15, -0.1) is 0 Å². The summed E-state index contributed by atoms with van der Waals surface area (Å²) < 4.78 is 0.847. The molecule has 0 aromatic carbocycles. The molecule has 1 aliphatic rings. The molecular weight excluding hydrogens is 218 g/mol. The summed E-state index contributed by atoms with van der Waals surface area (Å²) in [5.74, 6) is 1.54. The normalized spacial score (nSPS) is 16.5. The van der Waals surface area contributed by atoms with Crippen LogP contribution in [0.15, 0.2) is 10.7 Å². The third-order valence-corrected chi connectivity index (χ3v) is 2.32. The topological polar surface area (TPSA) is 51.8 Å². The molecule has 1 fully saturated rings. The fraction of sp³-hybridized carbons (Fsp3) is 0.500. The summed E-state index contributed by atoms with van der Waals surface area (Å²) in [6, 6.07) is 1.87. The van der Waals surface area contributed by atoms with Crippen LogP contribution in [-0.2, 0) is 6.54 Å². The van der Waals surface area contributed by atoms with Crippen molar-refractivity contribution in [1.82, 2.24) is 9.97 Å². The minimum Gasteiger partial charge on any atom is -0.325 e. The Morgan fingerprint density at radius 3 is 2.83 bits per heavy atom. The van der Waals surface area contributed by atoms with Crippen molar-refractivity contribution < 1.29 is 0 Å². The van der Waals surface area contributed by atoms with Gasteiger partial charge in [0.1, 0.15) is 10.4 Å². The zero-order chi connectivity index (χ0) is 8.55. The standard InChI is InChI=1S/C8H10BrN3/c9-7-3-6(4-10)11-8(12-7)5-1-2-5/h3,5H,1-2,4,10H2. The van der Waals surface area contributed by atoms with E-state index in [-0.39, 0.29) is 0 Å². The van der Waals surface area contributed by atoms with Gasteiger partial charge >= 0.3 is 0 Å². The van der Waals surface area contributed by atoms with Gasteiger partial charge in [-0.1, -0.05) is 0 Å². The van der Waals surface area contributed by atoms with E-state index >= 15 is 0 Å². The smallest absolute Gasteiger partial charge is 0.133 e. The number of hydrogen-bond donors (Lipinski definition) is 1. The molecule has 0 saturated heterocycles. The van der Waals surface area contributed by atoms with E-state index in [4.69, 9.17) is 5.73 Å². The van der Waals surface area contributed by atoms with E-state index in [1.165, 1.54) is 12.8 Å². The highest BCUT2D eigenvalue weighted by Crippen LogP contribution is 2.38. The van der Waals surface area contributed by atoms with Gasteiger partial charge in [-0.2, -0.15) is 0 Å². The molecule has 2 rings (SSSR count). The van der Waals surface area contributed by atoms with E-state index < -0.39 is 0 Å². The van der Waals surface area contributed by atoms with E-state index in [9.17, 15) is 0 Å². The Hall–Kier alpha value is -0.480. The first-order valence-electron chi connectivity index (χ1n) is 4.03. The van der Waals surface area contributed by atoms with Gasteiger partial charge in [0, 0.05) is 12.5 Å². The average Bonchev–Trinajstić information content (AvgIpc) is 2.85. The molecule has 2 N–H and O–H groups in total. The maximum atomic E-state index is 5.50. The molecule has 1 heterocycles. The van der Waals surface area contributed by atoms with Crippen molar-refractivity contribution in [2.45, 2.75) is 25.3 Å². The van der Waals surface area contributed by atoms with Crippen LogP contribution < -0.4 is 5.73 Å². The molecule has 4 heteroatoms. The Kier molecular flexibility index (Phi) is 2.11. The van der Waals surface area contributed by atoms with Gasteiger partial charge in [-0.05, 0) is 34.8 Å². The second-order valence-electron chi connectivity index (χ2n) is 3.02. The second-order valence-corrected chi connectivity index (χ2v) is 3.83. The lowest BCUT2D eigenvalue weighted by atomic mass is 10.3. The highest BCUT2D eigenvalue weighted by Gasteiger charge is 2.26. The molecule has 1 saturated carbocycles. The number of rotatable bonds is 2. The molecule has 0 amide bonds. The third-order valence-electron chi connectivity index (χ3n) is 1.92. The van der Waals surface area contributed by atoms with Crippen LogP contribution in [0.4, 0.5) is 0 Å². The van der Waals surface area contributed by atoms with Crippen molar-refractivity contribution in [2.24, 2.45) is 5.73 Å². The van der Waals surface area contributed by atoms with E-state index in [2.05, 4.69) is 25.9 Å². The molecule has 3 nitrogen and oxygen atoms in total. The van der Waals surface area contributed by atoms with Gasteiger partial charge in [0.15, 0.2) is 0 Å². The molecule has 0 radical (unpaired) electrons. The summed E-state index contributed by atoms with van der Waals surface area (Å²) in [5, 5.41) is 0. The Balaban J connectivity index is 2.34. The van der Waals surface area contributed by atoms with Crippen molar-refractivity contribution in [3.63, 3.8) is 0 Å². The van der Waals surface area contributed by atoms with Gasteiger partial charge in [0.2, 0.25) is 0 Å². The van der Waals surface area contributed by atoms with Crippen LogP contribution in [0.5, 0.6) is 0 Å². The Labute approximate surface area is 79.5 Å². The molecule has 1 aliphatic carbocycles. The fourth-order valence-electron chi connectivity index (χ4n) is 1.11. The van der Waals surface area contributed by atoms with Crippen molar-refractivity contribution in [3.05, 3.63) is 22.2 Å². The van der Waals surface area contributed by atoms with E-state index in [1.54, 1.807) is 0 Å². The lowest BCUT2D eigenvalue weighted by Gasteiger charge is -2.00. The van der Waals surface area contributed by atoms with Crippen molar-refractivity contribution in [2.75, 3.05) is 0 Å². The summed E-state index contributed by atoms with van der Waals surface area (Å²) in [6.07, 6.45) is 2.45. The first-order chi connectivity index (χ1) is 5.79. The van der Waals surface area contributed by atoms with Crippen LogP contribution in [0, 0.1) is 0 Å². The Bertz CT molecular complexity index is 296. The minimum absolute atomic E-state index is 0.487. The molecule has 1 aromatic rings. The molecule has 12 heavy (non-hydrogen) atoms. The van der Waals surface area contributed by atoms with Gasteiger partial charge < -0.3 is 5.73 Å². The quantitative estimate of drug-likeness (QED) is 0.781. The third kappa shape index (κ3) is 1.64. The summed E-state index contributed by atoms with van der Waals surface area (Å²) in [7, 11) is 0. The van der Waals surface area contributed by atoms with Crippen LogP contribution in [0.2, 0.25) is 0 Å². The summed E-state index contributed by atoms with van der Waals surface area (Å²) >= 11 is 3.34. The zero-order valence-corrected chi connectivity index (χ0v) is 8.21. The molecule has 1 aromatic heterocycles. The van der Waals surface area contributed by atoms with Crippen LogP contribution in [0.1, 0.15) is 30.3 Å². The van der Waals surface area contributed by atoms with E-state index in [0.29, 0.717) is 12.5 Å². The van der Waals surface area contributed by atoms with Crippen LogP contribution in [0.25, 0.3) is 0 Å². The highest BCUT2D eigenvalue weighted by molar-refractivity contribution is 9.10. The molecule has 0 unspecified atom stereocenters. The lowest BCUT2D eigenvalue weighted by Crippen LogP contribution is -2.03. The molecule has 0 atom stereocenters. The van der Waals surface area contributed by atoms with Crippen LogP contribution >= 0.6 is 15.9 Å².